The van der Waals surface area contributed by atoms with Crippen LogP contribution in [0.4, 0.5) is 0 Å². The van der Waals surface area contributed by atoms with Crippen LogP contribution in [0.25, 0.3) is 11.3 Å². The molecular weight excluding hydrogens is 322 g/mol. The normalized spacial score (nSPS) is 12.1. The predicted molar refractivity (Wildman–Crippen MR) is 90.4 cm³/mol. The Balaban J connectivity index is 2.17. The Morgan fingerprint density at radius 2 is 2.18 bits per heavy atom. The highest BCUT2D eigenvalue weighted by atomic mass is 35.5. The lowest BCUT2D eigenvalue weighted by molar-refractivity contribution is 0.0936. The number of thioether (sulfide) groups is 1. The molecule has 0 aliphatic carbocycles. The van der Waals surface area contributed by atoms with E-state index in [0.717, 1.165) is 11.3 Å². The summed E-state index contributed by atoms with van der Waals surface area (Å²) < 4.78 is 0. The van der Waals surface area contributed by atoms with E-state index in [1.807, 2.05) is 18.4 Å². The van der Waals surface area contributed by atoms with Crippen LogP contribution in [0.3, 0.4) is 0 Å². The summed E-state index contributed by atoms with van der Waals surface area (Å²) in [5.74, 6) is 0.548. The number of aliphatic hydroxyl groups is 1. The average molecular weight is 340 g/mol. The Hall–Kier alpha value is -1.50. The standard InChI is InChI=1S/C15H18ClN3O2S/c1-22-9-12(6-7-20)18-15(21)13-8-17-19-14(13)10-2-4-11(16)5-3-10/h2-5,8,12,20H,6-7,9H2,1H3,(H,17,19)(H,18,21). The van der Waals surface area contributed by atoms with Crippen LogP contribution in [0.1, 0.15) is 16.8 Å². The number of nitrogens with zero attached hydrogens (tertiary/aromatic N) is 1. The molecule has 22 heavy (non-hydrogen) atoms. The van der Waals surface area contributed by atoms with E-state index >= 15 is 0 Å². The molecule has 1 atom stereocenters. The SMILES string of the molecule is CSCC(CCO)NC(=O)c1cn[nH]c1-c1ccc(Cl)cc1. The maximum Gasteiger partial charge on any atom is 0.255 e. The summed E-state index contributed by atoms with van der Waals surface area (Å²) in [6, 6.07) is 7.13. The zero-order valence-corrected chi connectivity index (χ0v) is 13.7. The molecule has 1 heterocycles. The maximum atomic E-state index is 12.4. The van der Waals surface area contributed by atoms with Crippen LogP contribution < -0.4 is 5.32 Å². The van der Waals surface area contributed by atoms with Gasteiger partial charge in [0.1, 0.15) is 0 Å². The van der Waals surface area contributed by atoms with Crippen LogP contribution in [0.5, 0.6) is 0 Å². The van der Waals surface area contributed by atoms with Gasteiger partial charge in [0.2, 0.25) is 0 Å². The first kappa shape index (κ1) is 16.9. The number of nitrogens with one attached hydrogen (secondary N) is 2. The van der Waals surface area contributed by atoms with E-state index < -0.39 is 0 Å². The highest BCUT2D eigenvalue weighted by Crippen LogP contribution is 2.23. The van der Waals surface area contributed by atoms with Gasteiger partial charge in [0, 0.05) is 29.0 Å². The first-order chi connectivity index (χ1) is 10.7. The molecule has 0 radical (unpaired) electrons. The van der Waals surface area contributed by atoms with Crippen LogP contribution in [0, 0.1) is 0 Å². The number of aliphatic hydroxyl groups excluding tert-OH is 1. The molecular formula is C15H18ClN3O2S. The first-order valence-corrected chi connectivity index (χ1v) is 8.63. The molecule has 2 aromatic rings. The summed E-state index contributed by atoms with van der Waals surface area (Å²) in [4.78, 5) is 12.4. The second kappa shape index (κ2) is 8.22. The van der Waals surface area contributed by atoms with E-state index in [0.29, 0.717) is 22.7 Å². The fourth-order valence-electron chi connectivity index (χ4n) is 2.11. The third-order valence-electron chi connectivity index (χ3n) is 3.20. The van der Waals surface area contributed by atoms with Crippen LogP contribution in [0.2, 0.25) is 5.02 Å². The fraction of sp³-hybridized carbons (Fsp3) is 0.333. The van der Waals surface area contributed by atoms with Crippen LogP contribution >= 0.6 is 23.4 Å². The molecule has 0 bridgehead atoms. The van der Waals surface area contributed by atoms with Gasteiger partial charge in [-0.3, -0.25) is 9.89 Å². The summed E-state index contributed by atoms with van der Waals surface area (Å²) in [7, 11) is 0. The molecule has 0 fully saturated rings. The summed E-state index contributed by atoms with van der Waals surface area (Å²) >= 11 is 7.51. The van der Waals surface area contributed by atoms with E-state index in [9.17, 15) is 4.79 Å². The van der Waals surface area contributed by atoms with Crippen molar-refractivity contribution >= 4 is 29.3 Å². The van der Waals surface area contributed by atoms with Gasteiger partial charge in [-0.1, -0.05) is 23.7 Å². The molecule has 0 spiro atoms. The van der Waals surface area contributed by atoms with Gasteiger partial charge in [-0.2, -0.15) is 16.9 Å². The number of hydrogen-bond acceptors (Lipinski definition) is 4. The Bertz CT molecular complexity index is 610. The molecule has 3 N–H and O–H groups in total. The minimum absolute atomic E-state index is 0.0426. The number of rotatable bonds is 7. The third kappa shape index (κ3) is 4.25. The van der Waals surface area contributed by atoms with Gasteiger partial charge in [0.05, 0.1) is 17.5 Å². The first-order valence-electron chi connectivity index (χ1n) is 6.85. The second-order valence-electron chi connectivity index (χ2n) is 4.80. The van der Waals surface area contributed by atoms with Gasteiger partial charge >= 0.3 is 0 Å². The topological polar surface area (TPSA) is 78.0 Å². The summed E-state index contributed by atoms with van der Waals surface area (Å²) in [6.07, 6.45) is 4.00. The highest BCUT2D eigenvalue weighted by molar-refractivity contribution is 7.98. The van der Waals surface area contributed by atoms with Crippen molar-refractivity contribution in [2.24, 2.45) is 0 Å². The lowest BCUT2D eigenvalue weighted by Crippen LogP contribution is -2.37. The zero-order chi connectivity index (χ0) is 15.9. The van der Waals surface area contributed by atoms with Gasteiger partial charge in [-0.15, -0.1) is 0 Å². The Morgan fingerprint density at radius 1 is 1.45 bits per heavy atom. The van der Waals surface area contributed by atoms with Crippen LogP contribution in [-0.4, -0.2) is 45.9 Å². The molecule has 2 rings (SSSR count). The second-order valence-corrected chi connectivity index (χ2v) is 6.15. The van der Waals surface area contributed by atoms with Gasteiger partial charge in [-0.25, -0.2) is 0 Å². The summed E-state index contributed by atoms with van der Waals surface area (Å²) in [6.45, 7) is 0.0426. The largest absolute Gasteiger partial charge is 0.396 e. The number of aromatic amines is 1. The van der Waals surface area contributed by atoms with Crippen molar-refractivity contribution in [3.05, 3.63) is 41.0 Å². The Kier molecular flexibility index (Phi) is 6.30. The molecule has 1 unspecified atom stereocenters. The summed E-state index contributed by atoms with van der Waals surface area (Å²) in [5, 5.41) is 19.5. The van der Waals surface area contributed by atoms with Crippen molar-refractivity contribution in [1.29, 1.82) is 0 Å². The van der Waals surface area contributed by atoms with Crippen molar-refractivity contribution in [2.45, 2.75) is 12.5 Å². The van der Waals surface area contributed by atoms with Gasteiger partial charge < -0.3 is 10.4 Å². The van der Waals surface area contributed by atoms with E-state index in [4.69, 9.17) is 16.7 Å². The van der Waals surface area contributed by atoms with Gasteiger partial charge in [-0.05, 0) is 24.8 Å². The van der Waals surface area contributed by atoms with E-state index in [1.54, 1.807) is 23.9 Å². The number of benzene rings is 1. The number of carbonyl (C=O) groups excluding carboxylic acids is 1. The summed E-state index contributed by atoms with van der Waals surface area (Å²) in [5.41, 5.74) is 1.98. The Morgan fingerprint density at radius 3 is 2.82 bits per heavy atom. The molecule has 0 aliphatic heterocycles. The molecule has 1 aromatic heterocycles. The minimum Gasteiger partial charge on any atom is -0.396 e. The van der Waals surface area contributed by atoms with Crippen molar-refractivity contribution < 1.29 is 9.90 Å². The average Bonchev–Trinajstić information content (AvgIpc) is 2.98. The number of hydrogen-bond donors (Lipinski definition) is 3. The number of halogens is 1. The number of carbonyl (C=O) groups is 1. The molecule has 0 aliphatic rings. The fourth-order valence-corrected chi connectivity index (χ4v) is 2.89. The predicted octanol–water partition coefficient (Wildman–Crippen LogP) is 2.57. The monoisotopic (exact) mass is 339 g/mol. The molecule has 0 saturated heterocycles. The lowest BCUT2D eigenvalue weighted by Gasteiger charge is -2.16. The smallest absolute Gasteiger partial charge is 0.255 e. The number of amides is 1. The van der Waals surface area contributed by atoms with Crippen molar-refractivity contribution in [3.8, 4) is 11.3 Å². The van der Waals surface area contributed by atoms with Crippen molar-refractivity contribution in [2.75, 3.05) is 18.6 Å². The minimum atomic E-state index is -0.203. The highest BCUT2D eigenvalue weighted by Gasteiger charge is 2.18. The zero-order valence-electron chi connectivity index (χ0n) is 12.2. The number of H-pyrrole nitrogens is 1. The van der Waals surface area contributed by atoms with Crippen molar-refractivity contribution in [1.82, 2.24) is 15.5 Å². The number of aromatic nitrogens is 2. The molecule has 7 heteroatoms. The van der Waals surface area contributed by atoms with Gasteiger partial charge in [0.15, 0.2) is 0 Å². The van der Waals surface area contributed by atoms with E-state index in [2.05, 4.69) is 15.5 Å². The van der Waals surface area contributed by atoms with Crippen molar-refractivity contribution in [3.63, 3.8) is 0 Å². The molecule has 5 nitrogen and oxygen atoms in total. The van der Waals surface area contributed by atoms with E-state index in [1.165, 1.54) is 6.20 Å². The lowest BCUT2D eigenvalue weighted by atomic mass is 10.1. The molecule has 1 aromatic carbocycles. The quantitative estimate of drug-likeness (QED) is 0.724. The molecule has 118 valence electrons. The van der Waals surface area contributed by atoms with Gasteiger partial charge in [0.25, 0.3) is 5.91 Å². The van der Waals surface area contributed by atoms with E-state index in [-0.39, 0.29) is 18.6 Å². The third-order valence-corrected chi connectivity index (χ3v) is 4.19. The van der Waals surface area contributed by atoms with Crippen LogP contribution in [0.15, 0.2) is 30.5 Å². The maximum absolute atomic E-state index is 12.4. The molecule has 0 saturated carbocycles. The Labute approximate surface area is 138 Å². The molecule has 1 amide bonds. The van der Waals surface area contributed by atoms with Crippen LogP contribution in [-0.2, 0) is 0 Å².